The van der Waals surface area contributed by atoms with Crippen LogP contribution >= 0.6 is 0 Å². The highest BCUT2D eigenvalue weighted by atomic mass is 15.2. The van der Waals surface area contributed by atoms with Crippen molar-refractivity contribution in [3.05, 3.63) is 35.9 Å². The van der Waals surface area contributed by atoms with Gasteiger partial charge in [0.25, 0.3) is 0 Å². The molecule has 16 heavy (non-hydrogen) atoms. The lowest BCUT2D eigenvalue weighted by atomic mass is 10.1. The van der Waals surface area contributed by atoms with Crippen molar-refractivity contribution in [2.75, 3.05) is 0 Å². The molecular weight excluding hydrogens is 198 g/mol. The molecule has 76 valence electrons. The van der Waals surface area contributed by atoms with Crippen LogP contribution in [-0.4, -0.2) is 10.7 Å². The van der Waals surface area contributed by atoms with Crippen molar-refractivity contribution in [2.45, 2.75) is 6.92 Å². The molecule has 0 spiro atoms. The van der Waals surface area contributed by atoms with E-state index in [0.29, 0.717) is 0 Å². The largest absolute Gasteiger partial charge is 0.244 e. The van der Waals surface area contributed by atoms with Crippen LogP contribution in [0.3, 0.4) is 0 Å². The summed E-state index contributed by atoms with van der Waals surface area (Å²) in [4.78, 5) is 5.67. The van der Waals surface area contributed by atoms with Gasteiger partial charge in [0.1, 0.15) is 6.07 Å². The number of amidine groups is 1. The molecule has 0 saturated carbocycles. The Morgan fingerprint density at radius 2 is 2.19 bits per heavy atom. The fourth-order valence-electron chi connectivity index (χ4n) is 1.68. The standard InChI is InChI=1S/C13H9N3/c1-3-12-10-7-5-6-8-11(10)15-13(9-14)16(12)4-2/h2-3,5-8H,1H3/b12-3-. The minimum atomic E-state index is 0.231. The van der Waals surface area contributed by atoms with Crippen LogP contribution in [0.4, 0.5) is 5.69 Å². The van der Waals surface area contributed by atoms with Gasteiger partial charge in [0.05, 0.1) is 11.4 Å². The van der Waals surface area contributed by atoms with Gasteiger partial charge in [-0.05, 0) is 13.0 Å². The molecule has 0 bridgehead atoms. The van der Waals surface area contributed by atoms with Crippen LogP contribution in [0.15, 0.2) is 35.3 Å². The smallest absolute Gasteiger partial charge is 0.225 e. The first-order valence-corrected chi connectivity index (χ1v) is 4.82. The number of aliphatic imine (C=N–C) groups is 1. The van der Waals surface area contributed by atoms with Gasteiger partial charge in [0.2, 0.25) is 5.84 Å². The van der Waals surface area contributed by atoms with Crippen molar-refractivity contribution in [3.8, 4) is 18.5 Å². The first-order valence-electron chi connectivity index (χ1n) is 4.82. The first-order chi connectivity index (χ1) is 7.81. The average Bonchev–Trinajstić information content (AvgIpc) is 2.36. The van der Waals surface area contributed by atoms with Crippen LogP contribution in [0.5, 0.6) is 0 Å². The first kappa shape index (κ1) is 10.0. The van der Waals surface area contributed by atoms with E-state index in [1.165, 1.54) is 4.90 Å². The lowest BCUT2D eigenvalue weighted by molar-refractivity contribution is 0.828. The van der Waals surface area contributed by atoms with Crippen molar-refractivity contribution in [1.29, 1.82) is 5.26 Å². The van der Waals surface area contributed by atoms with Crippen molar-refractivity contribution in [3.63, 3.8) is 0 Å². The minimum absolute atomic E-state index is 0.231. The van der Waals surface area contributed by atoms with E-state index in [4.69, 9.17) is 11.7 Å². The number of hydrogen-bond donors (Lipinski definition) is 0. The zero-order chi connectivity index (χ0) is 11.5. The normalized spacial score (nSPS) is 16.1. The Balaban J connectivity index is 2.71. The maximum absolute atomic E-state index is 8.99. The fourth-order valence-corrected chi connectivity index (χ4v) is 1.68. The second-order valence-corrected chi connectivity index (χ2v) is 3.20. The van der Waals surface area contributed by atoms with Gasteiger partial charge in [0.15, 0.2) is 0 Å². The van der Waals surface area contributed by atoms with Crippen molar-refractivity contribution in [2.24, 2.45) is 4.99 Å². The van der Waals surface area contributed by atoms with Crippen LogP contribution in [0, 0.1) is 23.8 Å². The molecular formula is C13H9N3. The molecule has 3 nitrogen and oxygen atoms in total. The molecule has 0 aromatic heterocycles. The molecule has 3 heteroatoms. The zero-order valence-corrected chi connectivity index (χ0v) is 8.81. The van der Waals surface area contributed by atoms with E-state index < -0.39 is 0 Å². The second-order valence-electron chi connectivity index (χ2n) is 3.20. The van der Waals surface area contributed by atoms with Gasteiger partial charge >= 0.3 is 0 Å². The highest BCUT2D eigenvalue weighted by molar-refractivity contribution is 6.07. The Hall–Kier alpha value is -2.52. The van der Waals surface area contributed by atoms with E-state index in [2.05, 4.69) is 11.0 Å². The SMILES string of the molecule is C#CN1C(C#N)=Nc2ccccc2/C1=C/C. The Morgan fingerprint density at radius 3 is 2.81 bits per heavy atom. The van der Waals surface area contributed by atoms with Crippen molar-refractivity contribution >= 4 is 17.2 Å². The number of nitriles is 1. The van der Waals surface area contributed by atoms with E-state index in [0.717, 1.165) is 16.9 Å². The van der Waals surface area contributed by atoms with Gasteiger partial charge in [-0.25, -0.2) is 9.89 Å². The van der Waals surface area contributed by atoms with Gasteiger partial charge in [0, 0.05) is 11.6 Å². The summed E-state index contributed by atoms with van der Waals surface area (Å²) in [6.45, 7) is 1.89. The van der Waals surface area contributed by atoms with Crippen LogP contribution < -0.4 is 0 Å². The van der Waals surface area contributed by atoms with Gasteiger partial charge in [-0.3, -0.25) is 0 Å². The van der Waals surface area contributed by atoms with Crippen LogP contribution in [0.25, 0.3) is 5.70 Å². The maximum atomic E-state index is 8.99. The lowest BCUT2D eigenvalue weighted by Gasteiger charge is -2.24. The monoisotopic (exact) mass is 207 g/mol. The van der Waals surface area contributed by atoms with E-state index >= 15 is 0 Å². The van der Waals surface area contributed by atoms with Gasteiger partial charge in [-0.2, -0.15) is 5.26 Å². The maximum Gasteiger partial charge on any atom is 0.225 e. The topological polar surface area (TPSA) is 39.4 Å². The number of allylic oxidation sites excluding steroid dienone is 1. The van der Waals surface area contributed by atoms with E-state index in [9.17, 15) is 0 Å². The van der Waals surface area contributed by atoms with E-state index in [1.807, 2.05) is 43.3 Å². The summed E-state index contributed by atoms with van der Waals surface area (Å²) in [5.41, 5.74) is 2.55. The van der Waals surface area contributed by atoms with Gasteiger partial charge in [-0.1, -0.05) is 30.7 Å². The van der Waals surface area contributed by atoms with Crippen molar-refractivity contribution < 1.29 is 0 Å². The van der Waals surface area contributed by atoms with Gasteiger partial charge in [-0.15, -0.1) is 0 Å². The number of terminal acetylenes is 1. The molecule has 0 atom stereocenters. The third-order valence-electron chi connectivity index (χ3n) is 2.36. The molecule has 1 heterocycles. The van der Waals surface area contributed by atoms with Crippen LogP contribution in [-0.2, 0) is 0 Å². The quantitative estimate of drug-likeness (QED) is 0.613. The fraction of sp³-hybridized carbons (Fsp3) is 0.0769. The molecule has 0 radical (unpaired) electrons. The molecule has 1 aromatic rings. The molecule has 0 unspecified atom stereocenters. The minimum Gasteiger partial charge on any atom is -0.244 e. The van der Waals surface area contributed by atoms with Gasteiger partial charge < -0.3 is 0 Å². The Kier molecular flexibility index (Phi) is 2.45. The predicted octanol–water partition coefficient (Wildman–Crippen LogP) is 2.51. The molecule has 0 saturated heterocycles. The lowest BCUT2D eigenvalue weighted by Crippen LogP contribution is -2.25. The summed E-state index contributed by atoms with van der Waals surface area (Å²) >= 11 is 0. The third-order valence-corrected chi connectivity index (χ3v) is 2.36. The van der Waals surface area contributed by atoms with Crippen molar-refractivity contribution in [1.82, 2.24) is 4.90 Å². The van der Waals surface area contributed by atoms with E-state index in [-0.39, 0.29) is 5.84 Å². The number of hydrogen-bond acceptors (Lipinski definition) is 3. The highest BCUT2D eigenvalue weighted by Crippen LogP contribution is 2.33. The molecule has 0 N–H and O–H groups in total. The molecule has 0 fully saturated rings. The molecule has 2 rings (SSSR count). The molecule has 1 aromatic carbocycles. The summed E-state index contributed by atoms with van der Waals surface area (Å²) in [5.74, 6) is 0.231. The summed E-state index contributed by atoms with van der Waals surface area (Å²) in [7, 11) is 0. The Labute approximate surface area is 94.3 Å². The summed E-state index contributed by atoms with van der Waals surface area (Å²) in [5, 5.41) is 8.99. The number of benzene rings is 1. The van der Waals surface area contributed by atoms with E-state index in [1.54, 1.807) is 0 Å². The summed E-state index contributed by atoms with van der Waals surface area (Å²) < 4.78 is 0. The van der Waals surface area contributed by atoms with Crippen LogP contribution in [0.1, 0.15) is 12.5 Å². The number of rotatable bonds is 0. The molecule has 1 aliphatic heterocycles. The highest BCUT2D eigenvalue weighted by Gasteiger charge is 2.22. The molecule has 0 amide bonds. The molecule has 1 aliphatic rings. The summed E-state index contributed by atoms with van der Waals surface area (Å²) in [6.07, 6.45) is 7.28. The predicted molar refractivity (Wildman–Crippen MR) is 63.5 cm³/mol. The summed E-state index contributed by atoms with van der Waals surface area (Å²) in [6, 6.07) is 12.1. The molecule has 0 aliphatic carbocycles. The third kappa shape index (κ3) is 1.36. The second kappa shape index (κ2) is 3.92. The van der Waals surface area contributed by atoms with Crippen LogP contribution in [0.2, 0.25) is 0 Å². The average molecular weight is 207 g/mol. The zero-order valence-electron chi connectivity index (χ0n) is 8.81. The number of para-hydroxylation sites is 1. The Morgan fingerprint density at radius 1 is 1.44 bits per heavy atom. The number of fused-ring (bicyclic) bond motifs is 1. The number of nitrogens with zero attached hydrogens (tertiary/aromatic N) is 3. The Bertz CT molecular complexity index is 568.